The third-order valence-corrected chi connectivity index (χ3v) is 6.14. The number of carbonyl (C=O) groups excluding carboxylic acids is 2. The van der Waals surface area contributed by atoms with E-state index in [0.29, 0.717) is 13.2 Å². The van der Waals surface area contributed by atoms with Crippen LogP contribution in [0, 0.1) is 0 Å². The summed E-state index contributed by atoms with van der Waals surface area (Å²) in [5.74, 6) is -0.130. The number of unbranched alkanes of at least 4 members (excludes halogenated alkanes) is 6. The average molecular weight is 580 g/mol. The Balaban J connectivity index is 3.34. The van der Waals surface area contributed by atoms with Crippen molar-refractivity contribution in [3.05, 3.63) is 0 Å². The Morgan fingerprint density at radius 2 is 1.00 bits per heavy atom. The van der Waals surface area contributed by atoms with Crippen molar-refractivity contribution >= 4 is 57.1 Å². The van der Waals surface area contributed by atoms with E-state index in [0.717, 1.165) is 51.4 Å². The maximum absolute atomic E-state index is 11.6. The Labute approximate surface area is 180 Å². The molecular formula is C19H34I2O4. The predicted molar refractivity (Wildman–Crippen MR) is 120 cm³/mol. The Morgan fingerprint density at radius 1 is 0.680 bits per heavy atom. The summed E-state index contributed by atoms with van der Waals surface area (Å²) in [7, 11) is 0. The SMILES string of the molecule is CCCC(I)C(=O)OCCCCCCCCCOC(=O)C(I)CCC. The Morgan fingerprint density at radius 3 is 1.32 bits per heavy atom. The Kier molecular flexibility index (Phi) is 18.1. The van der Waals surface area contributed by atoms with Gasteiger partial charge in [-0.25, -0.2) is 0 Å². The molecule has 0 radical (unpaired) electrons. The standard InChI is InChI=1S/C19H34I2O4/c1-3-12-16(20)18(22)24-14-10-8-6-5-7-9-11-15-25-19(23)17(21)13-4-2/h16-17H,3-15H2,1-2H3. The molecule has 2 atom stereocenters. The van der Waals surface area contributed by atoms with Gasteiger partial charge in [0.05, 0.1) is 13.2 Å². The zero-order valence-electron chi connectivity index (χ0n) is 15.7. The van der Waals surface area contributed by atoms with Crippen molar-refractivity contribution in [2.75, 3.05) is 13.2 Å². The second kappa shape index (κ2) is 17.8. The minimum absolute atomic E-state index is 0.00107. The predicted octanol–water partition coefficient (Wildman–Crippen LogP) is 6.01. The quantitative estimate of drug-likeness (QED) is 0.0972. The molecule has 0 spiro atoms. The highest BCUT2D eigenvalue weighted by Crippen LogP contribution is 2.13. The normalized spacial score (nSPS) is 13.3. The first kappa shape index (κ1) is 25.4. The maximum Gasteiger partial charge on any atom is 0.318 e. The summed E-state index contributed by atoms with van der Waals surface area (Å²) in [6, 6.07) is 0. The van der Waals surface area contributed by atoms with Gasteiger partial charge in [-0.15, -0.1) is 0 Å². The minimum atomic E-state index is -0.0651. The topological polar surface area (TPSA) is 52.6 Å². The van der Waals surface area contributed by atoms with Gasteiger partial charge < -0.3 is 9.47 Å². The fraction of sp³-hybridized carbons (Fsp3) is 0.895. The third-order valence-electron chi connectivity index (χ3n) is 3.87. The molecule has 0 saturated carbocycles. The molecule has 0 aromatic heterocycles. The molecule has 2 unspecified atom stereocenters. The van der Waals surface area contributed by atoms with E-state index in [9.17, 15) is 9.59 Å². The monoisotopic (exact) mass is 580 g/mol. The van der Waals surface area contributed by atoms with E-state index < -0.39 is 0 Å². The van der Waals surface area contributed by atoms with Gasteiger partial charge >= 0.3 is 11.9 Å². The molecule has 0 aliphatic rings. The molecule has 0 aliphatic heterocycles. The van der Waals surface area contributed by atoms with Gasteiger partial charge in [-0.05, 0) is 25.7 Å². The van der Waals surface area contributed by atoms with Crippen LogP contribution in [0.2, 0.25) is 0 Å². The molecule has 0 aliphatic carbocycles. The van der Waals surface area contributed by atoms with Crippen LogP contribution in [0.1, 0.15) is 84.5 Å². The van der Waals surface area contributed by atoms with E-state index in [1.165, 1.54) is 19.3 Å². The average Bonchev–Trinajstić information content (AvgIpc) is 2.59. The summed E-state index contributed by atoms with van der Waals surface area (Å²) in [4.78, 5) is 23.3. The lowest BCUT2D eigenvalue weighted by Gasteiger charge is -2.09. The molecule has 0 bridgehead atoms. The molecule has 148 valence electrons. The van der Waals surface area contributed by atoms with Crippen LogP contribution >= 0.6 is 45.2 Å². The van der Waals surface area contributed by atoms with Crippen molar-refractivity contribution in [2.45, 2.75) is 92.3 Å². The van der Waals surface area contributed by atoms with E-state index in [1.807, 2.05) is 0 Å². The largest absolute Gasteiger partial charge is 0.465 e. The number of halogens is 2. The zero-order chi connectivity index (χ0) is 18.9. The van der Waals surface area contributed by atoms with Crippen molar-refractivity contribution in [3.8, 4) is 0 Å². The van der Waals surface area contributed by atoms with E-state index in [-0.39, 0.29) is 19.8 Å². The van der Waals surface area contributed by atoms with Crippen LogP contribution in [-0.4, -0.2) is 33.0 Å². The molecule has 0 saturated heterocycles. The fourth-order valence-corrected chi connectivity index (χ4v) is 3.96. The van der Waals surface area contributed by atoms with Crippen molar-refractivity contribution in [1.82, 2.24) is 0 Å². The van der Waals surface area contributed by atoms with Crippen LogP contribution in [0.5, 0.6) is 0 Å². The highest BCUT2D eigenvalue weighted by atomic mass is 127. The van der Waals surface area contributed by atoms with E-state index in [1.54, 1.807) is 0 Å². The molecule has 0 N–H and O–H groups in total. The molecule has 0 heterocycles. The van der Waals surface area contributed by atoms with Crippen LogP contribution in [0.15, 0.2) is 0 Å². The smallest absolute Gasteiger partial charge is 0.318 e. The molecule has 0 rings (SSSR count). The molecule has 6 heteroatoms. The highest BCUT2D eigenvalue weighted by Gasteiger charge is 2.15. The number of hydrogen-bond acceptors (Lipinski definition) is 4. The number of carbonyl (C=O) groups is 2. The Hall–Kier alpha value is 0.400. The van der Waals surface area contributed by atoms with Crippen LogP contribution in [0.3, 0.4) is 0 Å². The number of esters is 2. The lowest BCUT2D eigenvalue weighted by atomic mass is 10.1. The van der Waals surface area contributed by atoms with Gasteiger partial charge in [0, 0.05) is 0 Å². The first-order valence-electron chi connectivity index (χ1n) is 9.64. The Bertz CT molecular complexity index is 318. The number of rotatable bonds is 16. The summed E-state index contributed by atoms with van der Waals surface area (Å²) >= 11 is 4.33. The van der Waals surface area contributed by atoms with E-state index in [2.05, 4.69) is 59.0 Å². The molecule has 4 nitrogen and oxygen atoms in total. The van der Waals surface area contributed by atoms with Crippen molar-refractivity contribution in [2.24, 2.45) is 0 Å². The summed E-state index contributed by atoms with van der Waals surface area (Å²) in [6.45, 7) is 5.26. The maximum atomic E-state index is 11.6. The fourth-order valence-electron chi connectivity index (χ4n) is 2.36. The third kappa shape index (κ3) is 15.2. The summed E-state index contributed by atoms with van der Waals surface area (Å²) in [5, 5.41) is 0. The molecular weight excluding hydrogens is 546 g/mol. The van der Waals surface area contributed by atoms with E-state index in [4.69, 9.17) is 9.47 Å². The number of hydrogen-bond donors (Lipinski definition) is 0. The molecule has 0 fully saturated rings. The first-order chi connectivity index (χ1) is 12.0. The molecule has 0 aromatic rings. The lowest BCUT2D eigenvalue weighted by molar-refractivity contribution is -0.143. The van der Waals surface area contributed by atoms with Gasteiger partial charge in [-0.1, -0.05) is 104 Å². The summed E-state index contributed by atoms with van der Waals surface area (Å²) in [5.41, 5.74) is 0. The van der Waals surface area contributed by atoms with Gasteiger partial charge in [-0.2, -0.15) is 0 Å². The van der Waals surface area contributed by atoms with Gasteiger partial charge in [0.25, 0.3) is 0 Å². The lowest BCUT2D eigenvalue weighted by Crippen LogP contribution is -2.17. The van der Waals surface area contributed by atoms with Crippen molar-refractivity contribution < 1.29 is 19.1 Å². The van der Waals surface area contributed by atoms with Gasteiger partial charge in [0.2, 0.25) is 0 Å². The highest BCUT2D eigenvalue weighted by molar-refractivity contribution is 14.1. The number of alkyl halides is 2. The number of ether oxygens (including phenoxy) is 2. The van der Waals surface area contributed by atoms with Gasteiger partial charge in [0.1, 0.15) is 7.85 Å². The van der Waals surface area contributed by atoms with Gasteiger partial charge in [0.15, 0.2) is 0 Å². The second-order valence-electron chi connectivity index (χ2n) is 6.32. The minimum Gasteiger partial charge on any atom is -0.465 e. The molecule has 0 aromatic carbocycles. The van der Waals surface area contributed by atoms with Crippen LogP contribution in [-0.2, 0) is 19.1 Å². The summed E-state index contributed by atoms with van der Waals surface area (Å²) < 4.78 is 10.6. The second-order valence-corrected chi connectivity index (χ2v) is 9.33. The van der Waals surface area contributed by atoms with Crippen LogP contribution in [0.4, 0.5) is 0 Å². The summed E-state index contributed by atoms with van der Waals surface area (Å²) in [6.07, 6.45) is 11.5. The molecule has 0 amide bonds. The zero-order valence-corrected chi connectivity index (χ0v) is 20.1. The van der Waals surface area contributed by atoms with Crippen LogP contribution < -0.4 is 0 Å². The first-order valence-corrected chi connectivity index (χ1v) is 12.1. The van der Waals surface area contributed by atoms with Crippen molar-refractivity contribution in [3.63, 3.8) is 0 Å². The van der Waals surface area contributed by atoms with Crippen molar-refractivity contribution in [1.29, 1.82) is 0 Å². The van der Waals surface area contributed by atoms with E-state index >= 15 is 0 Å². The van der Waals surface area contributed by atoms with Gasteiger partial charge in [-0.3, -0.25) is 9.59 Å². The molecule has 25 heavy (non-hydrogen) atoms. The van der Waals surface area contributed by atoms with Crippen LogP contribution in [0.25, 0.3) is 0 Å².